The largest absolute Gasteiger partial charge is 0.507 e. The summed E-state index contributed by atoms with van der Waals surface area (Å²) >= 11 is 0. The Morgan fingerprint density at radius 2 is 1.63 bits per heavy atom. The Morgan fingerprint density at radius 1 is 1.00 bits per heavy atom. The molecular weight excluding hydrogens is 360 g/mol. The number of benzene rings is 1. The highest BCUT2D eigenvalue weighted by Gasteiger charge is 2.14. The molecule has 0 radical (unpaired) electrons. The Balaban J connectivity index is 2.81. The van der Waals surface area contributed by atoms with Gasteiger partial charge >= 0.3 is 0 Å². The SMILES string of the molecule is CCCCCCCCS(=O)(=O)N/N=C(/CCCC)c1cc(C)cc(C)c1O. The van der Waals surface area contributed by atoms with Gasteiger partial charge in [-0.3, -0.25) is 0 Å². The summed E-state index contributed by atoms with van der Waals surface area (Å²) in [4.78, 5) is 2.38. The van der Waals surface area contributed by atoms with Crippen LogP contribution < -0.4 is 4.83 Å². The molecule has 0 saturated carbocycles. The molecule has 154 valence electrons. The van der Waals surface area contributed by atoms with Gasteiger partial charge in [-0.1, -0.05) is 58.4 Å². The molecule has 0 fully saturated rings. The van der Waals surface area contributed by atoms with Crippen molar-refractivity contribution in [3.8, 4) is 5.75 Å². The number of phenols is 1. The van der Waals surface area contributed by atoms with E-state index in [1.165, 1.54) is 12.8 Å². The van der Waals surface area contributed by atoms with Crippen LogP contribution in [-0.4, -0.2) is 25.0 Å². The van der Waals surface area contributed by atoms with Gasteiger partial charge in [-0.05, 0) is 50.3 Å². The van der Waals surface area contributed by atoms with E-state index in [4.69, 9.17) is 0 Å². The van der Waals surface area contributed by atoms with E-state index in [1.54, 1.807) is 0 Å². The predicted molar refractivity (Wildman–Crippen MR) is 114 cm³/mol. The lowest BCUT2D eigenvalue weighted by Gasteiger charge is -2.12. The number of rotatable bonds is 13. The number of hydrazone groups is 1. The molecule has 0 aliphatic heterocycles. The number of hydrogen-bond acceptors (Lipinski definition) is 4. The van der Waals surface area contributed by atoms with E-state index in [0.717, 1.165) is 43.2 Å². The van der Waals surface area contributed by atoms with Gasteiger partial charge in [-0.2, -0.15) is 5.10 Å². The highest BCUT2D eigenvalue weighted by atomic mass is 32.2. The third-order valence-electron chi connectivity index (χ3n) is 4.61. The summed E-state index contributed by atoms with van der Waals surface area (Å²) in [6, 6.07) is 3.76. The van der Waals surface area contributed by atoms with Gasteiger partial charge in [0.1, 0.15) is 5.75 Å². The zero-order valence-electron chi connectivity index (χ0n) is 17.3. The summed E-state index contributed by atoms with van der Waals surface area (Å²) < 4.78 is 24.5. The molecule has 0 spiro atoms. The minimum Gasteiger partial charge on any atom is -0.507 e. The van der Waals surface area contributed by atoms with E-state index >= 15 is 0 Å². The molecular formula is C21H36N2O3S. The van der Waals surface area contributed by atoms with Gasteiger partial charge in [0.25, 0.3) is 0 Å². The van der Waals surface area contributed by atoms with Gasteiger partial charge in [0, 0.05) is 5.56 Å². The summed E-state index contributed by atoms with van der Waals surface area (Å²) in [5, 5.41) is 14.6. The van der Waals surface area contributed by atoms with E-state index in [1.807, 2.05) is 26.0 Å². The second kappa shape index (κ2) is 12.0. The number of sulfonamides is 1. The van der Waals surface area contributed by atoms with Crippen LogP contribution in [0.15, 0.2) is 17.2 Å². The predicted octanol–water partition coefficient (Wildman–Crippen LogP) is 5.18. The Bertz CT molecular complexity index is 712. The average Bonchev–Trinajstić information content (AvgIpc) is 2.61. The average molecular weight is 397 g/mol. The summed E-state index contributed by atoms with van der Waals surface area (Å²) in [5.41, 5.74) is 2.99. The quantitative estimate of drug-likeness (QED) is 0.274. The molecule has 0 aliphatic carbocycles. The van der Waals surface area contributed by atoms with Crippen LogP contribution in [0.3, 0.4) is 0 Å². The van der Waals surface area contributed by atoms with Crippen molar-refractivity contribution in [1.82, 2.24) is 4.83 Å². The molecule has 1 aromatic rings. The first-order valence-electron chi connectivity index (χ1n) is 10.2. The van der Waals surface area contributed by atoms with Crippen LogP contribution in [0, 0.1) is 13.8 Å². The standard InChI is InChI=1S/C21H36N2O3S/c1-5-7-9-10-11-12-14-27(25,26)23-22-20(13-8-6-2)19-16-17(3)15-18(4)21(19)24/h15-16,23-24H,5-14H2,1-4H3/b22-20-. The van der Waals surface area contributed by atoms with E-state index < -0.39 is 10.0 Å². The summed E-state index contributed by atoms with van der Waals surface area (Å²) in [5.74, 6) is 0.258. The number of phenolic OH excluding ortho intramolecular Hbond substituents is 1. The third-order valence-corrected chi connectivity index (χ3v) is 5.80. The van der Waals surface area contributed by atoms with Crippen molar-refractivity contribution in [1.29, 1.82) is 0 Å². The number of nitrogens with zero attached hydrogens (tertiary/aromatic N) is 1. The first-order valence-corrected chi connectivity index (χ1v) is 11.8. The van der Waals surface area contributed by atoms with Crippen molar-refractivity contribution < 1.29 is 13.5 Å². The fourth-order valence-electron chi connectivity index (χ4n) is 3.02. The maximum absolute atomic E-state index is 12.3. The molecule has 0 atom stereocenters. The van der Waals surface area contributed by atoms with Crippen molar-refractivity contribution in [3.05, 3.63) is 28.8 Å². The number of hydrogen-bond donors (Lipinski definition) is 2. The van der Waals surface area contributed by atoms with Crippen LogP contribution >= 0.6 is 0 Å². The molecule has 2 N–H and O–H groups in total. The number of unbranched alkanes of at least 4 members (excludes halogenated alkanes) is 6. The molecule has 0 aliphatic rings. The van der Waals surface area contributed by atoms with Crippen molar-refractivity contribution in [2.24, 2.45) is 5.10 Å². The number of aryl methyl sites for hydroxylation is 2. The smallest absolute Gasteiger partial charge is 0.247 e. The molecule has 6 heteroatoms. The molecule has 0 amide bonds. The van der Waals surface area contributed by atoms with Crippen LogP contribution in [0.4, 0.5) is 0 Å². The van der Waals surface area contributed by atoms with Gasteiger partial charge in [-0.25, -0.2) is 13.2 Å². The van der Waals surface area contributed by atoms with Crippen LogP contribution in [0.2, 0.25) is 0 Å². The first-order chi connectivity index (χ1) is 12.8. The Morgan fingerprint density at radius 3 is 2.30 bits per heavy atom. The third kappa shape index (κ3) is 8.78. The maximum atomic E-state index is 12.3. The van der Waals surface area contributed by atoms with E-state index in [-0.39, 0.29) is 11.5 Å². The van der Waals surface area contributed by atoms with Crippen LogP contribution in [0.25, 0.3) is 0 Å². The first kappa shape index (κ1) is 23.5. The normalized spacial score (nSPS) is 12.4. The Hall–Kier alpha value is -1.56. The molecule has 0 aromatic heterocycles. The van der Waals surface area contributed by atoms with Gasteiger partial charge in [0.05, 0.1) is 11.5 Å². The zero-order chi connectivity index (χ0) is 20.3. The highest BCUT2D eigenvalue weighted by Crippen LogP contribution is 2.26. The highest BCUT2D eigenvalue weighted by molar-refractivity contribution is 7.89. The molecule has 0 heterocycles. The lowest BCUT2D eigenvalue weighted by molar-refractivity contribution is 0.469. The minimum atomic E-state index is -3.45. The van der Waals surface area contributed by atoms with Crippen molar-refractivity contribution in [2.45, 2.75) is 85.5 Å². The molecule has 5 nitrogen and oxygen atoms in total. The van der Waals surface area contributed by atoms with Crippen molar-refractivity contribution >= 4 is 15.7 Å². The maximum Gasteiger partial charge on any atom is 0.247 e. The minimum absolute atomic E-state index is 0.0858. The van der Waals surface area contributed by atoms with E-state index in [0.29, 0.717) is 24.1 Å². The van der Waals surface area contributed by atoms with Crippen molar-refractivity contribution in [3.63, 3.8) is 0 Å². The molecule has 1 aromatic carbocycles. The summed E-state index contributed by atoms with van der Waals surface area (Å²) in [6.45, 7) is 8.03. The molecule has 0 saturated heterocycles. The fourth-order valence-corrected chi connectivity index (χ4v) is 3.94. The Kier molecular flexibility index (Phi) is 10.4. The zero-order valence-corrected chi connectivity index (χ0v) is 18.2. The lowest BCUT2D eigenvalue weighted by Crippen LogP contribution is -2.23. The lowest BCUT2D eigenvalue weighted by atomic mass is 9.99. The molecule has 1 rings (SSSR count). The van der Waals surface area contributed by atoms with E-state index in [2.05, 4.69) is 23.8 Å². The van der Waals surface area contributed by atoms with Crippen LogP contribution in [0.1, 0.15) is 88.3 Å². The second-order valence-corrected chi connectivity index (χ2v) is 9.14. The number of nitrogens with one attached hydrogen (secondary N) is 1. The van der Waals surface area contributed by atoms with Crippen LogP contribution in [0.5, 0.6) is 5.75 Å². The van der Waals surface area contributed by atoms with Crippen molar-refractivity contribution in [2.75, 3.05) is 5.75 Å². The Labute approximate surface area is 165 Å². The van der Waals surface area contributed by atoms with Gasteiger partial charge in [-0.15, -0.1) is 0 Å². The number of aromatic hydroxyl groups is 1. The van der Waals surface area contributed by atoms with Crippen LogP contribution in [-0.2, 0) is 10.0 Å². The van der Waals surface area contributed by atoms with Gasteiger partial charge in [0.2, 0.25) is 10.0 Å². The molecule has 0 unspecified atom stereocenters. The van der Waals surface area contributed by atoms with Gasteiger partial charge in [0.15, 0.2) is 0 Å². The molecule has 27 heavy (non-hydrogen) atoms. The fraction of sp³-hybridized carbons (Fsp3) is 0.667. The summed E-state index contributed by atoms with van der Waals surface area (Å²) in [7, 11) is -3.45. The monoisotopic (exact) mass is 396 g/mol. The van der Waals surface area contributed by atoms with Gasteiger partial charge < -0.3 is 5.11 Å². The second-order valence-electron chi connectivity index (χ2n) is 7.32. The topological polar surface area (TPSA) is 78.8 Å². The summed E-state index contributed by atoms with van der Waals surface area (Å²) in [6.07, 6.45) is 8.65. The molecule has 0 bridgehead atoms. The van der Waals surface area contributed by atoms with E-state index in [9.17, 15) is 13.5 Å².